The van der Waals surface area contributed by atoms with Crippen molar-refractivity contribution in [3.05, 3.63) is 5.57 Å². The quantitative estimate of drug-likeness (QED) is 0.309. The molecule has 0 amide bonds. The van der Waals surface area contributed by atoms with Crippen molar-refractivity contribution in [1.82, 2.24) is 0 Å². The van der Waals surface area contributed by atoms with Gasteiger partial charge in [-0.15, -0.1) is 0 Å². The molecule has 4 heteroatoms. The molecule has 0 atom stereocenters. The van der Waals surface area contributed by atoms with Crippen LogP contribution in [0.15, 0.2) is 5.57 Å². The van der Waals surface area contributed by atoms with Crippen LogP contribution in [0.4, 0.5) is 0 Å². The largest absolute Gasteiger partial charge is 0.477 e. The van der Waals surface area contributed by atoms with Crippen molar-refractivity contribution in [2.24, 2.45) is 0 Å². The topological polar surface area (TPSA) is 61.1 Å². The lowest BCUT2D eigenvalue weighted by molar-refractivity contribution is -0.132. The van der Waals surface area contributed by atoms with E-state index in [1.165, 1.54) is 6.07 Å². The minimum atomic E-state index is -1.33. The van der Waals surface area contributed by atoms with Crippen LogP contribution in [0.3, 0.4) is 0 Å². The average molecular weight is 127 g/mol. The Morgan fingerprint density at radius 3 is 2.25 bits per heavy atom. The summed E-state index contributed by atoms with van der Waals surface area (Å²) in [5.41, 5.74) is -0.528. The van der Waals surface area contributed by atoms with Crippen molar-refractivity contribution in [1.29, 1.82) is 5.26 Å². The molecule has 1 N–H and O–H groups in total. The van der Waals surface area contributed by atoms with Gasteiger partial charge in [0, 0.05) is 0 Å². The van der Waals surface area contributed by atoms with Crippen LogP contribution in [0.2, 0.25) is 0 Å². The molecule has 0 heterocycles. The molecule has 0 saturated heterocycles. The summed E-state index contributed by atoms with van der Waals surface area (Å²) in [5.74, 6) is -1.33. The molecule has 40 valence electrons. The highest BCUT2D eigenvalue weighted by Gasteiger charge is 2.01. The first-order chi connectivity index (χ1) is 3.72. The SMILES string of the molecule is N#CC(=C=S)C(=O)O. The number of hydrogen-bond acceptors (Lipinski definition) is 3. The Balaban J connectivity index is 4.46. The Hall–Kier alpha value is -1.17. The Labute approximate surface area is 50.9 Å². The van der Waals surface area contributed by atoms with Crippen molar-refractivity contribution >= 4 is 23.2 Å². The van der Waals surface area contributed by atoms with Gasteiger partial charge in [-0.3, -0.25) is 0 Å². The van der Waals surface area contributed by atoms with Gasteiger partial charge in [0.15, 0.2) is 5.57 Å². The summed E-state index contributed by atoms with van der Waals surface area (Å²) < 4.78 is 0. The highest BCUT2D eigenvalue weighted by molar-refractivity contribution is 7.78. The van der Waals surface area contributed by atoms with Gasteiger partial charge in [0.05, 0.1) is 0 Å². The van der Waals surface area contributed by atoms with Gasteiger partial charge in [0.2, 0.25) is 0 Å². The van der Waals surface area contributed by atoms with Crippen LogP contribution in [0.25, 0.3) is 0 Å². The molecule has 0 aromatic rings. The fourth-order valence-corrected chi connectivity index (χ4v) is 0.247. The normalized spacial score (nSPS) is 6.38. The zero-order valence-corrected chi connectivity index (χ0v) is 4.53. The van der Waals surface area contributed by atoms with Gasteiger partial charge in [0.1, 0.15) is 6.07 Å². The van der Waals surface area contributed by atoms with Gasteiger partial charge in [-0.25, -0.2) is 4.79 Å². The number of nitriles is 1. The van der Waals surface area contributed by atoms with Gasteiger partial charge in [-0.05, 0) is 17.2 Å². The molecule has 0 spiro atoms. The monoisotopic (exact) mass is 127 g/mol. The number of thiocarbonyl (C=S) groups is 1. The molecule has 0 saturated carbocycles. The molecule has 0 aliphatic heterocycles. The van der Waals surface area contributed by atoms with Gasteiger partial charge >= 0.3 is 5.97 Å². The Morgan fingerprint density at radius 2 is 2.25 bits per heavy atom. The number of carboxylic acid groups (broad SMARTS) is 1. The minimum Gasteiger partial charge on any atom is -0.477 e. The fourth-order valence-electron chi connectivity index (χ4n) is 0.114. The van der Waals surface area contributed by atoms with E-state index in [4.69, 9.17) is 10.4 Å². The maximum atomic E-state index is 9.77. The average Bonchev–Trinajstić information content (AvgIpc) is 1.69. The second-order valence-corrected chi connectivity index (χ2v) is 1.10. The molecule has 0 rings (SSSR count). The van der Waals surface area contributed by atoms with E-state index in [9.17, 15) is 4.79 Å². The summed E-state index contributed by atoms with van der Waals surface area (Å²) >= 11 is 4.06. The van der Waals surface area contributed by atoms with Gasteiger partial charge in [-0.2, -0.15) is 5.26 Å². The van der Waals surface area contributed by atoms with Crippen LogP contribution in [0, 0.1) is 11.3 Å². The molecule has 0 fully saturated rings. The molecule has 0 aliphatic rings. The molecule has 0 aromatic carbocycles. The molecule has 8 heavy (non-hydrogen) atoms. The molecule has 0 aliphatic carbocycles. The first-order valence-corrected chi connectivity index (χ1v) is 2.01. The highest BCUT2D eigenvalue weighted by atomic mass is 32.1. The van der Waals surface area contributed by atoms with E-state index in [0.29, 0.717) is 0 Å². The predicted molar refractivity (Wildman–Crippen MR) is 29.4 cm³/mol. The maximum Gasteiger partial charge on any atom is 0.355 e. The van der Waals surface area contributed by atoms with Crippen molar-refractivity contribution in [3.8, 4) is 6.07 Å². The lowest BCUT2D eigenvalue weighted by Gasteiger charge is -1.76. The Morgan fingerprint density at radius 1 is 1.75 bits per heavy atom. The van der Waals surface area contributed by atoms with Crippen LogP contribution in [-0.4, -0.2) is 16.1 Å². The van der Waals surface area contributed by atoms with Crippen molar-refractivity contribution in [3.63, 3.8) is 0 Å². The first-order valence-electron chi connectivity index (χ1n) is 1.61. The molecule has 0 radical (unpaired) electrons. The molecule has 0 unspecified atom stereocenters. The van der Waals surface area contributed by atoms with E-state index in [1.807, 2.05) is 0 Å². The number of carboxylic acids is 1. The van der Waals surface area contributed by atoms with Gasteiger partial charge in [-0.1, -0.05) is 0 Å². The molecule has 0 aromatic heterocycles. The summed E-state index contributed by atoms with van der Waals surface area (Å²) in [4.78, 5) is 9.77. The standard InChI is InChI=1S/C4HNO2S/c5-1-3(2-8)4(6)7/h(H,6,7). The van der Waals surface area contributed by atoms with Crippen LogP contribution >= 0.6 is 12.2 Å². The van der Waals surface area contributed by atoms with Crippen LogP contribution in [-0.2, 0) is 4.79 Å². The summed E-state index contributed by atoms with van der Waals surface area (Å²) in [7, 11) is 0. The third-order valence-corrected chi connectivity index (χ3v) is 0.632. The second kappa shape index (κ2) is 2.92. The van der Waals surface area contributed by atoms with Crippen LogP contribution < -0.4 is 0 Å². The van der Waals surface area contributed by atoms with Gasteiger partial charge < -0.3 is 5.11 Å². The highest BCUT2D eigenvalue weighted by Crippen LogP contribution is 1.81. The van der Waals surface area contributed by atoms with E-state index < -0.39 is 11.5 Å². The number of nitrogens with zero attached hydrogens (tertiary/aromatic N) is 1. The summed E-state index contributed by atoms with van der Waals surface area (Å²) in [6.07, 6.45) is 0. The Bertz CT molecular complexity index is 197. The number of rotatable bonds is 1. The smallest absolute Gasteiger partial charge is 0.355 e. The summed E-state index contributed by atoms with van der Waals surface area (Å²) in [5, 5.41) is 17.7. The molecule has 0 bridgehead atoms. The maximum absolute atomic E-state index is 9.77. The Kier molecular flexibility index (Phi) is 2.49. The third kappa shape index (κ3) is 1.52. The fraction of sp³-hybridized carbons (Fsp3) is 0. The van der Waals surface area contributed by atoms with E-state index in [2.05, 4.69) is 12.2 Å². The number of aliphatic carboxylic acids is 1. The summed E-state index contributed by atoms with van der Waals surface area (Å²) in [6.45, 7) is 0. The lowest BCUT2D eigenvalue weighted by Crippen LogP contribution is -1.96. The van der Waals surface area contributed by atoms with Crippen molar-refractivity contribution in [2.45, 2.75) is 0 Å². The summed E-state index contributed by atoms with van der Waals surface area (Å²) in [6, 6.07) is 1.35. The van der Waals surface area contributed by atoms with E-state index >= 15 is 0 Å². The van der Waals surface area contributed by atoms with Gasteiger partial charge in [0.25, 0.3) is 0 Å². The van der Waals surface area contributed by atoms with Crippen LogP contribution in [0.5, 0.6) is 0 Å². The van der Waals surface area contributed by atoms with E-state index in [0.717, 1.165) is 0 Å². The minimum absolute atomic E-state index is 0.528. The van der Waals surface area contributed by atoms with Crippen molar-refractivity contribution in [2.75, 3.05) is 0 Å². The second-order valence-electron chi connectivity index (χ2n) is 0.894. The van der Waals surface area contributed by atoms with E-state index in [-0.39, 0.29) is 0 Å². The molecular formula is C4HNO2S. The molecule has 3 nitrogen and oxygen atoms in total. The number of hydrogen-bond donors (Lipinski definition) is 1. The number of carbonyl (C=O) groups is 1. The predicted octanol–water partition coefficient (Wildman–Crippen LogP) is 0.120. The zero-order valence-electron chi connectivity index (χ0n) is 3.71. The van der Waals surface area contributed by atoms with Crippen LogP contribution in [0.1, 0.15) is 0 Å². The zero-order chi connectivity index (χ0) is 6.57. The lowest BCUT2D eigenvalue weighted by atomic mass is 10.4. The third-order valence-electron chi connectivity index (χ3n) is 0.428. The molecular weight excluding hydrogens is 126 g/mol. The van der Waals surface area contributed by atoms with Crippen molar-refractivity contribution < 1.29 is 9.90 Å². The first kappa shape index (κ1) is 6.83. The van der Waals surface area contributed by atoms with E-state index in [1.54, 1.807) is 5.02 Å².